The highest BCUT2D eigenvalue weighted by atomic mass is 35.5. The number of hydrogen-bond acceptors (Lipinski definition) is 7. The van der Waals surface area contributed by atoms with Crippen molar-refractivity contribution < 1.29 is 28.8 Å². The Labute approximate surface area is 219 Å². The summed E-state index contributed by atoms with van der Waals surface area (Å²) in [6.45, 7) is 3.35. The highest BCUT2D eigenvalue weighted by Gasteiger charge is 2.16. The van der Waals surface area contributed by atoms with Crippen molar-refractivity contribution in [2.75, 3.05) is 67.5 Å². The highest BCUT2D eigenvalue weighted by Crippen LogP contribution is 2.32. The van der Waals surface area contributed by atoms with E-state index in [1.54, 1.807) is 34.5 Å². The summed E-state index contributed by atoms with van der Waals surface area (Å²) < 4.78 is 21.5. The molecule has 2 aromatic rings. The average Bonchev–Trinajstić information content (AvgIpc) is 2.88. The molecule has 0 spiro atoms. The number of rotatable bonds is 17. The standard InChI is InChI=1S/C27H39ClN2O6/c1-30(18-22(17-28)19-7-8-23(33-2)24(13-19)34-3)12-6-10-29-11-9-20-14-25(35-4)26(36-5)15-21(20)16-27(31)32/h7-8,13-15,22,29H,6,9-12,16-18H2,1-5H3,(H,31,32)/t22-/m1/s1. The molecule has 0 aromatic heterocycles. The second-order valence-corrected chi connectivity index (χ2v) is 8.94. The molecule has 0 bridgehead atoms. The number of carbonyl (C=O) groups is 1. The van der Waals surface area contributed by atoms with E-state index in [9.17, 15) is 9.90 Å². The molecule has 2 aromatic carbocycles. The Morgan fingerprint density at radius 3 is 2.14 bits per heavy atom. The van der Waals surface area contributed by atoms with E-state index in [2.05, 4.69) is 17.3 Å². The highest BCUT2D eigenvalue weighted by molar-refractivity contribution is 6.18. The normalized spacial score (nSPS) is 11.9. The number of halogens is 1. The van der Waals surface area contributed by atoms with E-state index >= 15 is 0 Å². The van der Waals surface area contributed by atoms with Crippen LogP contribution in [0.3, 0.4) is 0 Å². The van der Waals surface area contributed by atoms with Gasteiger partial charge in [-0.05, 0) is 80.5 Å². The fourth-order valence-corrected chi connectivity index (χ4v) is 4.44. The summed E-state index contributed by atoms with van der Waals surface area (Å²) in [7, 11) is 8.48. The first-order chi connectivity index (χ1) is 17.4. The van der Waals surface area contributed by atoms with Crippen LogP contribution >= 0.6 is 11.6 Å². The maximum atomic E-state index is 11.3. The monoisotopic (exact) mass is 522 g/mol. The summed E-state index contributed by atoms with van der Waals surface area (Å²) in [5.41, 5.74) is 2.81. The topological polar surface area (TPSA) is 89.5 Å². The van der Waals surface area contributed by atoms with Gasteiger partial charge in [0.25, 0.3) is 0 Å². The van der Waals surface area contributed by atoms with Gasteiger partial charge in [0.2, 0.25) is 0 Å². The van der Waals surface area contributed by atoms with Gasteiger partial charge in [-0.3, -0.25) is 4.79 Å². The smallest absolute Gasteiger partial charge is 0.307 e. The van der Waals surface area contributed by atoms with Crippen LogP contribution in [-0.2, 0) is 17.6 Å². The summed E-state index contributed by atoms with van der Waals surface area (Å²) in [5.74, 6) is 2.38. The molecule has 0 radical (unpaired) electrons. The Hall–Kier alpha value is -2.68. The third kappa shape index (κ3) is 8.76. The number of alkyl halides is 1. The molecule has 8 nitrogen and oxygen atoms in total. The Bertz CT molecular complexity index is 972. The van der Waals surface area contributed by atoms with Crippen molar-refractivity contribution >= 4 is 17.6 Å². The fraction of sp³-hybridized carbons (Fsp3) is 0.519. The van der Waals surface area contributed by atoms with Gasteiger partial charge in [0.15, 0.2) is 23.0 Å². The van der Waals surface area contributed by atoms with Crippen LogP contribution in [0.15, 0.2) is 30.3 Å². The Kier molecular flexibility index (Phi) is 12.7. The summed E-state index contributed by atoms with van der Waals surface area (Å²) in [5, 5.41) is 12.7. The lowest BCUT2D eigenvalue weighted by atomic mass is 10.00. The van der Waals surface area contributed by atoms with Gasteiger partial charge < -0.3 is 34.3 Å². The zero-order valence-corrected chi connectivity index (χ0v) is 22.7. The van der Waals surface area contributed by atoms with Crippen LogP contribution in [0, 0.1) is 0 Å². The molecule has 0 fully saturated rings. The Morgan fingerprint density at radius 1 is 0.944 bits per heavy atom. The van der Waals surface area contributed by atoms with Gasteiger partial charge in [0.1, 0.15) is 0 Å². The lowest BCUT2D eigenvalue weighted by Gasteiger charge is -2.23. The van der Waals surface area contributed by atoms with Crippen LogP contribution < -0.4 is 24.3 Å². The minimum atomic E-state index is -0.872. The number of carboxylic acids is 1. The SMILES string of the molecule is COc1ccc([C@H](CCl)CN(C)CCCNCCc2cc(OC)c(OC)cc2CC(=O)O)cc1OC. The zero-order valence-electron chi connectivity index (χ0n) is 21.9. The first-order valence-electron chi connectivity index (χ1n) is 12.0. The average molecular weight is 523 g/mol. The molecule has 0 unspecified atom stereocenters. The molecule has 2 N–H and O–H groups in total. The van der Waals surface area contributed by atoms with E-state index in [1.165, 1.54) is 0 Å². The van der Waals surface area contributed by atoms with Crippen molar-refractivity contribution in [2.45, 2.75) is 25.2 Å². The maximum absolute atomic E-state index is 11.3. The van der Waals surface area contributed by atoms with E-state index < -0.39 is 5.97 Å². The van der Waals surface area contributed by atoms with Crippen LogP contribution in [0.2, 0.25) is 0 Å². The van der Waals surface area contributed by atoms with E-state index in [-0.39, 0.29) is 12.3 Å². The molecule has 0 saturated carbocycles. The summed E-state index contributed by atoms with van der Waals surface area (Å²) in [4.78, 5) is 13.6. The molecule has 2 rings (SSSR count). The lowest BCUT2D eigenvalue weighted by Crippen LogP contribution is -2.29. The largest absolute Gasteiger partial charge is 0.493 e. The van der Waals surface area contributed by atoms with Gasteiger partial charge in [-0.2, -0.15) is 0 Å². The van der Waals surface area contributed by atoms with Crippen LogP contribution in [-0.4, -0.2) is 83.5 Å². The van der Waals surface area contributed by atoms with E-state index in [0.29, 0.717) is 35.3 Å². The predicted octanol–water partition coefficient (Wildman–Crippen LogP) is 3.82. The van der Waals surface area contributed by atoms with Gasteiger partial charge in [-0.25, -0.2) is 0 Å². The summed E-state index contributed by atoms with van der Waals surface area (Å²) >= 11 is 6.30. The number of methoxy groups -OCH3 is 4. The van der Waals surface area contributed by atoms with Crippen LogP contribution in [0.1, 0.15) is 29.0 Å². The first kappa shape index (κ1) is 29.5. The molecule has 0 saturated heterocycles. The molecule has 0 aliphatic rings. The van der Waals surface area contributed by atoms with Gasteiger partial charge >= 0.3 is 5.97 Å². The molecule has 200 valence electrons. The predicted molar refractivity (Wildman–Crippen MR) is 143 cm³/mol. The van der Waals surface area contributed by atoms with Crippen molar-refractivity contribution in [1.29, 1.82) is 0 Å². The minimum absolute atomic E-state index is 0.0533. The van der Waals surface area contributed by atoms with Gasteiger partial charge in [-0.15, -0.1) is 11.6 Å². The number of benzene rings is 2. The number of likely N-dealkylation sites (N-methyl/N-ethyl adjacent to an activating group) is 1. The third-order valence-corrected chi connectivity index (χ3v) is 6.48. The van der Waals surface area contributed by atoms with Crippen molar-refractivity contribution in [3.63, 3.8) is 0 Å². The van der Waals surface area contributed by atoms with E-state index in [1.807, 2.05) is 24.3 Å². The quantitative estimate of drug-likeness (QED) is 0.239. The lowest BCUT2D eigenvalue weighted by molar-refractivity contribution is -0.136. The number of ether oxygens (including phenoxy) is 4. The van der Waals surface area contributed by atoms with Crippen molar-refractivity contribution in [1.82, 2.24) is 10.2 Å². The molecule has 36 heavy (non-hydrogen) atoms. The van der Waals surface area contributed by atoms with Crippen molar-refractivity contribution in [3.05, 3.63) is 47.0 Å². The van der Waals surface area contributed by atoms with Crippen LogP contribution in [0.5, 0.6) is 23.0 Å². The molecule has 0 amide bonds. The number of carboxylic acid groups (broad SMARTS) is 1. The molecule has 0 heterocycles. The number of aliphatic carboxylic acids is 1. The van der Waals surface area contributed by atoms with E-state index in [4.69, 9.17) is 30.5 Å². The second kappa shape index (κ2) is 15.4. The molecular weight excluding hydrogens is 484 g/mol. The van der Waals surface area contributed by atoms with E-state index in [0.717, 1.165) is 49.3 Å². The molecular formula is C27H39ClN2O6. The maximum Gasteiger partial charge on any atom is 0.307 e. The number of hydrogen-bond donors (Lipinski definition) is 2. The number of nitrogens with one attached hydrogen (secondary N) is 1. The van der Waals surface area contributed by atoms with Crippen LogP contribution in [0.4, 0.5) is 0 Å². The first-order valence-corrected chi connectivity index (χ1v) is 12.5. The van der Waals surface area contributed by atoms with Crippen molar-refractivity contribution in [2.24, 2.45) is 0 Å². The van der Waals surface area contributed by atoms with Gasteiger partial charge in [0, 0.05) is 18.3 Å². The zero-order chi connectivity index (χ0) is 26.5. The molecule has 0 aliphatic heterocycles. The fourth-order valence-electron chi connectivity index (χ4n) is 4.16. The third-order valence-electron chi connectivity index (χ3n) is 6.11. The molecule has 1 atom stereocenters. The molecule has 9 heteroatoms. The minimum Gasteiger partial charge on any atom is -0.493 e. The summed E-state index contributed by atoms with van der Waals surface area (Å²) in [6.07, 6.45) is 1.63. The van der Waals surface area contributed by atoms with Gasteiger partial charge in [0.05, 0.1) is 34.9 Å². The van der Waals surface area contributed by atoms with Gasteiger partial charge in [-0.1, -0.05) is 6.07 Å². The number of nitrogens with zero attached hydrogens (tertiary/aromatic N) is 1. The van der Waals surface area contributed by atoms with Crippen LogP contribution in [0.25, 0.3) is 0 Å². The summed E-state index contributed by atoms with van der Waals surface area (Å²) in [6, 6.07) is 9.57. The second-order valence-electron chi connectivity index (χ2n) is 8.63. The molecule has 0 aliphatic carbocycles. The Balaban J connectivity index is 1.82. The van der Waals surface area contributed by atoms with Crippen molar-refractivity contribution in [3.8, 4) is 23.0 Å². The Morgan fingerprint density at radius 2 is 1.56 bits per heavy atom.